The first-order chi connectivity index (χ1) is 9.22. The fourth-order valence-electron chi connectivity index (χ4n) is 3.75. The van der Waals surface area contributed by atoms with E-state index in [-0.39, 0.29) is 17.6 Å². The summed E-state index contributed by atoms with van der Waals surface area (Å²) in [4.78, 5) is 16.9. The van der Waals surface area contributed by atoms with E-state index in [9.17, 15) is 4.79 Å². The number of esters is 1. The maximum Gasteiger partial charge on any atom is 0.323 e. The second-order valence-corrected chi connectivity index (χ2v) is 6.91. The largest absolute Gasteiger partial charge is 0.465 e. The molecule has 1 saturated heterocycles. The third-order valence-electron chi connectivity index (χ3n) is 4.11. The summed E-state index contributed by atoms with van der Waals surface area (Å²) in [5, 5.41) is 0. The van der Waals surface area contributed by atoms with Crippen molar-refractivity contribution in [2.45, 2.75) is 78.6 Å². The van der Waals surface area contributed by atoms with Gasteiger partial charge in [0.15, 0.2) is 0 Å². The standard InChI is InChI=1S/C16H32N2O2/c1-8-14(15(19)20-9-2)17-10-12(3)18(13(4)11-17)16(5,6)7/h12-14H,8-11H2,1-7H3/t12-,13-,14?/m1/s1. The van der Waals surface area contributed by atoms with Gasteiger partial charge >= 0.3 is 5.97 Å². The number of piperazine rings is 1. The Labute approximate surface area is 124 Å². The van der Waals surface area contributed by atoms with E-state index in [1.807, 2.05) is 6.92 Å². The van der Waals surface area contributed by atoms with E-state index in [0.29, 0.717) is 18.7 Å². The Morgan fingerprint density at radius 2 is 1.70 bits per heavy atom. The van der Waals surface area contributed by atoms with Crippen LogP contribution in [0.3, 0.4) is 0 Å². The quantitative estimate of drug-likeness (QED) is 0.743. The van der Waals surface area contributed by atoms with Crippen molar-refractivity contribution in [1.29, 1.82) is 0 Å². The van der Waals surface area contributed by atoms with Crippen LogP contribution in [0.15, 0.2) is 0 Å². The van der Waals surface area contributed by atoms with Crippen molar-refractivity contribution in [2.24, 2.45) is 0 Å². The summed E-state index contributed by atoms with van der Waals surface area (Å²) in [6, 6.07) is 0.798. The van der Waals surface area contributed by atoms with Gasteiger partial charge in [0.2, 0.25) is 0 Å². The second-order valence-electron chi connectivity index (χ2n) is 6.91. The third-order valence-corrected chi connectivity index (χ3v) is 4.11. The van der Waals surface area contributed by atoms with Crippen LogP contribution >= 0.6 is 0 Å². The molecule has 0 amide bonds. The first-order valence-electron chi connectivity index (χ1n) is 7.91. The molecule has 0 aromatic carbocycles. The Balaban J connectivity index is 2.79. The summed E-state index contributed by atoms with van der Waals surface area (Å²) in [5.41, 5.74) is 0.163. The van der Waals surface area contributed by atoms with Crippen molar-refractivity contribution in [3.63, 3.8) is 0 Å². The van der Waals surface area contributed by atoms with Crippen molar-refractivity contribution in [1.82, 2.24) is 9.80 Å². The molecule has 1 unspecified atom stereocenters. The number of ether oxygens (including phenoxy) is 1. The van der Waals surface area contributed by atoms with Crippen LogP contribution < -0.4 is 0 Å². The minimum atomic E-state index is -0.0954. The molecule has 0 aromatic heterocycles. The zero-order valence-electron chi connectivity index (χ0n) is 14.3. The van der Waals surface area contributed by atoms with E-state index in [0.717, 1.165) is 19.5 Å². The number of nitrogens with zero attached hydrogens (tertiary/aromatic N) is 2. The summed E-state index contributed by atoms with van der Waals surface area (Å²) in [6.45, 7) is 17.5. The zero-order chi connectivity index (χ0) is 15.5. The van der Waals surface area contributed by atoms with Gasteiger partial charge < -0.3 is 4.74 Å². The first kappa shape index (κ1) is 17.4. The molecule has 0 aromatic rings. The van der Waals surface area contributed by atoms with Crippen LogP contribution in [0.2, 0.25) is 0 Å². The Hall–Kier alpha value is -0.610. The van der Waals surface area contributed by atoms with E-state index < -0.39 is 0 Å². The summed E-state index contributed by atoms with van der Waals surface area (Å²) in [6.07, 6.45) is 0.813. The number of carbonyl (C=O) groups is 1. The SMILES string of the molecule is CCOC(=O)C(CC)N1C[C@@H](C)N(C(C)(C)C)[C@H](C)C1. The highest BCUT2D eigenvalue weighted by Gasteiger charge is 2.39. The molecule has 1 fully saturated rings. The molecule has 1 heterocycles. The highest BCUT2D eigenvalue weighted by atomic mass is 16.5. The predicted molar refractivity (Wildman–Crippen MR) is 82.8 cm³/mol. The van der Waals surface area contributed by atoms with Gasteiger partial charge in [0, 0.05) is 30.7 Å². The topological polar surface area (TPSA) is 32.8 Å². The summed E-state index contributed by atoms with van der Waals surface area (Å²) < 4.78 is 5.22. The van der Waals surface area contributed by atoms with Crippen LogP contribution in [0.25, 0.3) is 0 Å². The Morgan fingerprint density at radius 3 is 2.05 bits per heavy atom. The van der Waals surface area contributed by atoms with Gasteiger partial charge in [-0.2, -0.15) is 0 Å². The minimum Gasteiger partial charge on any atom is -0.465 e. The molecule has 20 heavy (non-hydrogen) atoms. The van der Waals surface area contributed by atoms with E-state index in [4.69, 9.17) is 4.74 Å². The fourth-order valence-corrected chi connectivity index (χ4v) is 3.75. The van der Waals surface area contributed by atoms with Gasteiger partial charge in [-0.1, -0.05) is 6.92 Å². The summed E-state index contributed by atoms with van der Waals surface area (Å²) in [7, 11) is 0. The van der Waals surface area contributed by atoms with Crippen LogP contribution in [-0.2, 0) is 9.53 Å². The molecule has 118 valence electrons. The molecule has 0 bridgehead atoms. The van der Waals surface area contributed by atoms with Crippen LogP contribution in [0.4, 0.5) is 0 Å². The maximum absolute atomic E-state index is 12.1. The van der Waals surface area contributed by atoms with E-state index in [1.165, 1.54) is 0 Å². The lowest BCUT2D eigenvalue weighted by Gasteiger charge is -2.52. The van der Waals surface area contributed by atoms with Crippen molar-refractivity contribution in [3.05, 3.63) is 0 Å². The van der Waals surface area contributed by atoms with Gasteiger partial charge in [-0.25, -0.2) is 0 Å². The lowest BCUT2D eigenvalue weighted by Crippen LogP contribution is -2.64. The molecular formula is C16H32N2O2. The highest BCUT2D eigenvalue weighted by Crippen LogP contribution is 2.27. The Kier molecular flexibility index (Phi) is 6.02. The molecule has 1 aliphatic rings. The van der Waals surface area contributed by atoms with Gasteiger partial charge in [0.1, 0.15) is 6.04 Å². The lowest BCUT2D eigenvalue weighted by molar-refractivity contribution is -0.152. The molecule has 3 atom stereocenters. The highest BCUT2D eigenvalue weighted by molar-refractivity contribution is 5.75. The number of carbonyl (C=O) groups excluding carboxylic acids is 1. The molecule has 1 rings (SSSR count). The van der Waals surface area contributed by atoms with E-state index in [2.05, 4.69) is 51.3 Å². The van der Waals surface area contributed by atoms with Gasteiger partial charge in [-0.15, -0.1) is 0 Å². The van der Waals surface area contributed by atoms with Crippen molar-refractivity contribution >= 4 is 5.97 Å². The number of hydrogen-bond donors (Lipinski definition) is 0. The van der Waals surface area contributed by atoms with Crippen molar-refractivity contribution < 1.29 is 9.53 Å². The molecular weight excluding hydrogens is 252 g/mol. The van der Waals surface area contributed by atoms with E-state index in [1.54, 1.807) is 0 Å². The van der Waals surface area contributed by atoms with Gasteiger partial charge in [-0.05, 0) is 48.0 Å². The summed E-state index contributed by atoms with van der Waals surface area (Å²) in [5.74, 6) is -0.0707. The zero-order valence-corrected chi connectivity index (χ0v) is 14.3. The lowest BCUT2D eigenvalue weighted by atomic mass is 9.96. The first-order valence-corrected chi connectivity index (χ1v) is 7.91. The minimum absolute atomic E-state index is 0.0707. The molecule has 0 spiro atoms. The predicted octanol–water partition coefficient (Wildman–Crippen LogP) is 2.52. The second kappa shape index (κ2) is 6.90. The molecule has 1 aliphatic heterocycles. The van der Waals surface area contributed by atoms with E-state index >= 15 is 0 Å². The third kappa shape index (κ3) is 3.95. The molecule has 0 N–H and O–H groups in total. The van der Waals surface area contributed by atoms with Crippen molar-refractivity contribution in [3.8, 4) is 0 Å². The van der Waals surface area contributed by atoms with Crippen LogP contribution in [0, 0.1) is 0 Å². The molecule has 0 aliphatic carbocycles. The van der Waals surface area contributed by atoms with Crippen LogP contribution in [-0.4, -0.2) is 59.1 Å². The van der Waals surface area contributed by atoms with Crippen LogP contribution in [0.5, 0.6) is 0 Å². The van der Waals surface area contributed by atoms with Gasteiger partial charge in [0.25, 0.3) is 0 Å². The Morgan fingerprint density at radius 1 is 1.20 bits per heavy atom. The molecule has 4 heteroatoms. The van der Waals surface area contributed by atoms with Crippen LogP contribution in [0.1, 0.15) is 54.9 Å². The summed E-state index contributed by atoms with van der Waals surface area (Å²) >= 11 is 0. The average Bonchev–Trinajstić information content (AvgIpc) is 2.27. The fraction of sp³-hybridized carbons (Fsp3) is 0.938. The number of rotatable bonds is 4. The normalized spacial score (nSPS) is 27.4. The van der Waals surface area contributed by atoms with Gasteiger partial charge in [0.05, 0.1) is 6.61 Å². The van der Waals surface area contributed by atoms with Gasteiger partial charge in [-0.3, -0.25) is 14.6 Å². The monoisotopic (exact) mass is 284 g/mol. The van der Waals surface area contributed by atoms with Crippen molar-refractivity contribution in [2.75, 3.05) is 19.7 Å². The smallest absolute Gasteiger partial charge is 0.323 e. The molecule has 0 radical (unpaired) electrons. The molecule has 0 saturated carbocycles. The Bertz CT molecular complexity index is 313. The maximum atomic E-state index is 12.1. The number of hydrogen-bond acceptors (Lipinski definition) is 4. The molecule has 4 nitrogen and oxygen atoms in total. The average molecular weight is 284 g/mol.